The maximum absolute atomic E-state index is 5.94. The van der Waals surface area contributed by atoms with Crippen molar-refractivity contribution >= 4 is 11.6 Å². The molecule has 0 aliphatic carbocycles. The molecule has 0 spiro atoms. The summed E-state index contributed by atoms with van der Waals surface area (Å²) in [6.07, 6.45) is 0.909. The van der Waals surface area contributed by atoms with Gasteiger partial charge in [0.1, 0.15) is 0 Å². The highest BCUT2D eigenvalue weighted by Crippen LogP contribution is 2.24. The van der Waals surface area contributed by atoms with E-state index in [9.17, 15) is 0 Å². The molecule has 74 valence electrons. The molecule has 13 heavy (non-hydrogen) atoms. The third kappa shape index (κ3) is 2.69. The van der Waals surface area contributed by atoms with Crippen molar-refractivity contribution in [3.63, 3.8) is 0 Å². The summed E-state index contributed by atoms with van der Waals surface area (Å²) < 4.78 is 1.85. The van der Waals surface area contributed by atoms with Crippen LogP contribution in [0.2, 0.25) is 5.15 Å². The van der Waals surface area contributed by atoms with E-state index >= 15 is 0 Å². The van der Waals surface area contributed by atoms with Crippen LogP contribution in [0.5, 0.6) is 0 Å². The molecule has 1 aromatic heterocycles. The van der Waals surface area contributed by atoms with E-state index in [4.69, 9.17) is 11.6 Å². The molecule has 0 unspecified atom stereocenters. The number of rotatable bonds is 2. The Bertz CT molecular complexity index is 286. The normalized spacial score (nSPS) is 12.1. The van der Waals surface area contributed by atoms with Gasteiger partial charge in [-0.1, -0.05) is 37.6 Å². The van der Waals surface area contributed by atoms with E-state index in [1.807, 2.05) is 11.6 Å². The van der Waals surface area contributed by atoms with Gasteiger partial charge in [-0.3, -0.25) is 0 Å². The van der Waals surface area contributed by atoms with Crippen molar-refractivity contribution in [3.8, 4) is 0 Å². The molecule has 0 saturated heterocycles. The lowest BCUT2D eigenvalue weighted by molar-refractivity contribution is 0.393. The minimum Gasteiger partial charge on any atom is -0.248 e. The number of aromatic nitrogens is 3. The predicted octanol–water partition coefficient (Wildman–Crippen LogP) is 2.54. The maximum Gasteiger partial charge on any atom is 0.174 e. The molecule has 1 heterocycles. The molecule has 4 heteroatoms. The molecule has 0 atom stereocenters. The van der Waals surface area contributed by atoms with Crippen LogP contribution in [0.15, 0.2) is 0 Å². The smallest absolute Gasteiger partial charge is 0.174 e. The first-order valence-electron chi connectivity index (χ1n) is 4.52. The van der Waals surface area contributed by atoms with Gasteiger partial charge in [0.25, 0.3) is 0 Å². The Hall–Kier alpha value is -0.570. The average Bonchev–Trinajstić information content (AvgIpc) is 2.30. The second kappa shape index (κ2) is 3.66. The first-order valence-corrected chi connectivity index (χ1v) is 4.89. The molecular weight excluding hydrogens is 186 g/mol. The van der Waals surface area contributed by atoms with Crippen molar-refractivity contribution < 1.29 is 0 Å². The number of aryl methyl sites for hydroxylation is 1. The highest BCUT2D eigenvalue weighted by molar-refractivity contribution is 6.29. The van der Waals surface area contributed by atoms with E-state index in [1.165, 1.54) is 0 Å². The van der Waals surface area contributed by atoms with Crippen LogP contribution < -0.4 is 0 Å². The van der Waals surface area contributed by atoms with Crippen molar-refractivity contribution in [1.29, 1.82) is 0 Å². The van der Waals surface area contributed by atoms with Crippen LogP contribution in [0.1, 0.15) is 33.4 Å². The Labute approximate surface area is 84.1 Å². The van der Waals surface area contributed by atoms with Crippen molar-refractivity contribution in [2.45, 2.75) is 40.7 Å². The highest BCUT2D eigenvalue weighted by atomic mass is 35.5. The van der Waals surface area contributed by atoms with Crippen molar-refractivity contribution in [1.82, 2.24) is 15.0 Å². The van der Waals surface area contributed by atoms with E-state index in [2.05, 4.69) is 31.1 Å². The van der Waals surface area contributed by atoms with Crippen LogP contribution in [-0.2, 0) is 13.0 Å². The van der Waals surface area contributed by atoms with Crippen LogP contribution in [0, 0.1) is 5.41 Å². The number of hydrogen-bond donors (Lipinski definition) is 0. The third-order valence-electron chi connectivity index (χ3n) is 1.79. The maximum atomic E-state index is 5.94. The van der Waals surface area contributed by atoms with Crippen molar-refractivity contribution in [2.75, 3.05) is 0 Å². The fourth-order valence-electron chi connectivity index (χ4n) is 1.23. The fraction of sp³-hybridized carbons (Fsp3) is 0.778. The molecule has 0 amide bonds. The van der Waals surface area contributed by atoms with Gasteiger partial charge in [-0.25, -0.2) is 4.68 Å². The number of halogens is 1. The Balaban J connectivity index is 2.92. The molecule has 0 fully saturated rings. The number of hydrogen-bond acceptors (Lipinski definition) is 2. The quantitative estimate of drug-likeness (QED) is 0.737. The Kier molecular flexibility index (Phi) is 2.96. The van der Waals surface area contributed by atoms with E-state index < -0.39 is 0 Å². The summed E-state index contributed by atoms with van der Waals surface area (Å²) >= 11 is 5.94. The van der Waals surface area contributed by atoms with E-state index in [0.29, 0.717) is 5.15 Å². The van der Waals surface area contributed by atoms with Gasteiger partial charge in [0.2, 0.25) is 0 Å². The summed E-state index contributed by atoms with van der Waals surface area (Å²) in [4.78, 5) is 0. The molecular formula is C9H16ClN3. The summed E-state index contributed by atoms with van der Waals surface area (Å²) in [6.45, 7) is 9.39. The van der Waals surface area contributed by atoms with Gasteiger partial charge in [0, 0.05) is 6.54 Å². The van der Waals surface area contributed by atoms with Crippen LogP contribution in [0.25, 0.3) is 0 Å². The van der Waals surface area contributed by atoms with Crippen LogP contribution in [-0.4, -0.2) is 15.0 Å². The largest absolute Gasteiger partial charge is 0.248 e. The zero-order chi connectivity index (χ0) is 10.1. The zero-order valence-corrected chi connectivity index (χ0v) is 9.39. The molecule has 0 saturated carbocycles. The summed E-state index contributed by atoms with van der Waals surface area (Å²) in [5.74, 6) is 0. The lowest BCUT2D eigenvalue weighted by Crippen LogP contribution is -2.14. The fourth-order valence-corrected chi connectivity index (χ4v) is 1.43. The Morgan fingerprint density at radius 3 is 2.46 bits per heavy atom. The first-order chi connectivity index (χ1) is 5.94. The molecule has 0 aliphatic heterocycles. The first kappa shape index (κ1) is 10.5. The van der Waals surface area contributed by atoms with E-state index in [0.717, 1.165) is 18.7 Å². The van der Waals surface area contributed by atoms with Gasteiger partial charge >= 0.3 is 0 Å². The Morgan fingerprint density at radius 2 is 2.00 bits per heavy atom. The van der Waals surface area contributed by atoms with Gasteiger partial charge in [-0.15, -0.1) is 5.10 Å². The average molecular weight is 202 g/mol. The molecule has 0 aromatic carbocycles. The molecule has 0 bridgehead atoms. The van der Waals surface area contributed by atoms with Gasteiger partial charge in [-0.05, 0) is 18.8 Å². The number of nitrogens with zero attached hydrogens (tertiary/aromatic N) is 3. The van der Waals surface area contributed by atoms with Crippen LogP contribution >= 0.6 is 11.6 Å². The monoisotopic (exact) mass is 201 g/mol. The van der Waals surface area contributed by atoms with Crippen LogP contribution in [0.4, 0.5) is 0 Å². The second-order valence-electron chi connectivity index (χ2n) is 4.38. The predicted molar refractivity (Wildman–Crippen MR) is 53.9 cm³/mol. The SMILES string of the molecule is CCn1nnc(Cl)c1CC(C)(C)C. The van der Waals surface area contributed by atoms with Gasteiger partial charge < -0.3 is 0 Å². The summed E-state index contributed by atoms with van der Waals surface area (Å²) in [7, 11) is 0. The molecule has 1 aromatic rings. The standard InChI is InChI=1S/C9H16ClN3/c1-5-13-7(6-9(2,3)4)8(10)11-12-13/h5-6H2,1-4H3. The molecule has 1 rings (SSSR count). The van der Waals surface area contributed by atoms with Crippen LogP contribution in [0.3, 0.4) is 0 Å². The van der Waals surface area contributed by atoms with E-state index in [-0.39, 0.29) is 5.41 Å². The summed E-state index contributed by atoms with van der Waals surface area (Å²) in [6, 6.07) is 0. The van der Waals surface area contributed by atoms with Crippen molar-refractivity contribution in [3.05, 3.63) is 10.8 Å². The third-order valence-corrected chi connectivity index (χ3v) is 2.08. The lowest BCUT2D eigenvalue weighted by atomic mass is 9.91. The minimum atomic E-state index is 0.221. The van der Waals surface area contributed by atoms with Gasteiger partial charge in [0.05, 0.1) is 5.69 Å². The Morgan fingerprint density at radius 1 is 1.38 bits per heavy atom. The molecule has 0 radical (unpaired) electrons. The van der Waals surface area contributed by atoms with E-state index in [1.54, 1.807) is 0 Å². The second-order valence-corrected chi connectivity index (χ2v) is 4.74. The van der Waals surface area contributed by atoms with Gasteiger partial charge in [-0.2, -0.15) is 0 Å². The highest BCUT2D eigenvalue weighted by Gasteiger charge is 2.18. The van der Waals surface area contributed by atoms with Gasteiger partial charge in [0.15, 0.2) is 5.15 Å². The lowest BCUT2D eigenvalue weighted by Gasteiger charge is -2.18. The van der Waals surface area contributed by atoms with Crippen molar-refractivity contribution in [2.24, 2.45) is 5.41 Å². The summed E-state index contributed by atoms with van der Waals surface area (Å²) in [5, 5.41) is 8.34. The summed E-state index contributed by atoms with van der Waals surface area (Å²) in [5.41, 5.74) is 1.26. The zero-order valence-electron chi connectivity index (χ0n) is 8.63. The minimum absolute atomic E-state index is 0.221. The topological polar surface area (TPSA) is 30.7 Å². The molecule has 0 aliphatic rings. The molecule has 3 nitrogen and oxygen atoms in total. The molecule has 0 N–H and O–H groups in total.